The van der Waals surface area contributed by atoms with Gasteiger partial charge in [-0.2, -0.15) is 0 Å². The van der Waals surface area contributed by atoms with Gasteiger partial charge in [0, 0.05) is 24.2 Å². The number of amides is 1. The van der Waals surface area contributed by atoms with E-state index >= 15 is 0 Å². The molecule has 1 aromatic rings. The normalized spacial score (nSPS) is 19.6. The minimum Gasteiger partial charge on any atom is -0.398 e. The largest absolute Gasteiger partial charge is 0.398 e. The molecule has 0 saturated carbocycles. The van der Waals surface area contributed by atoms with Gasteiger partial charge >= 0.3 is 0 Å². The number of likely N-dealkylation sites (tertiary alicyclic amines) is 1. The Labute approximate surface area is 107 Å². The van der Waals surface area contributed by atoms with Gasteiger partial charge in [0.25, 0.3) is 0 Å². The van der Waals surface area contributed by atoms with Crippen LogP contribution in [0.2, 0.25) is 0 Å². The molecule has 4 heteroatoms. The zero-order valence-electron chi connectivity index (χ0n) is 10.7. The topological polar surface area (TPSA) is 46.3 Å². The van der Waals surface area contributed by atoms with Crippen LogP contribution in [0.3, 0.4) is 0 Å². The second-order valence-corrected chi connectivity index (χ2v) is 4.94. The van der Waals surface area contributed by atoms with E-state index in [4.69, 9.17) is 5.73 Å². The molecule has 0 aliphatic carbocycles. The monoisotopic (exact) mass is 250 g/mol. The summed E-state index contributed by atoms with van der Waals surface area (Å²) < 4.78 is 13.7. The molecule has 0 bridgehead atoms. The van der Waals surface area contributed by atoms with Crippen LogP contribution < -0.4 is 5.73 Å². The van der Waals surface area contributed by atoms with Crippen LogP contribution >= 0.6 is 0 Å². The molecule has 2 N–H and O–H groups in total. The standard InChI is InChI=1S/C14H19FN2O/c1-2-4-10-7-14(18)17(8-10)9-11-12(15)5-3-6-13(11)16/h3,5-6,10H,2,4,7-9,16H2,1H3. The van der Waals surface area contributed by atoms with E-state index in [1.165, 1.54) is 6.07 Å². The fourth-order valence-corrected chi connectivity index (χ4v) is 2.54. The second-order valence-electron chi connectivity index (χ2n) is 4.94. The number of halogens is 1. The van der Waals surface area contributed by atoms with Crippen LogP contribution in [0, 0.1) is 11.7 Å². The predicted octanol–water partition coefficient (Wildman–Crippen LogP) is 2.56. The highest BCUT2D eigenvalue weighted by Gasteiger charge is 2.29. The number of benzene rings is 1. The van der Waals surface area contributed by atoms with Crippen LogP contribution in [-0.2, 0) is 11.3 Å². The molecule has 1 unspecified atom stereocenters. The van der Waals surface area contributed by atoms with Crippen LogP contribution in [0.4, 0.5) is 10.1 Å². The van der Waals surface area contributed by atoms with Gasteiger partial charge in [0.1, 0.15) is 5.82 Å². The molecule has 1 aliphatic heterocycles. The summed E-state index contributed by atoms with van der Waals surface area (Å²) in [7, 11) is 0. The maximum Gasteiger partial charge on any atom is 0.223 e. The smallest absolute Gasteiger partial charge is 0.223 e. The Morgan fingerprint density at radius 2 is 2.28 bits per heavy atom. The van der Waals surface area contributed by atoms with Crippen molar-refractivity contribution in [3.63, 3.8) is 0 Å². The number of carbonyl (C=O) groups excluding carboxylic acids is 1. The third-order valence-corrected chi connectivity index (χ3v) is 3.50. The second kappa shape index (κ2) is 5.38. The van der Waals surface area contributed by atoms with E-state index in [0.29, 0.717) is 23.6 Å². The van der Waals surface area contributed by atoms with Gasteiger partial charge in [0.15, 0.2) is 0 Å². The third-order valence-electron chi connectivity index (χ3n) is 3.50. The van der Waals surface area contributed by atoms with Crippen molar-refractivity contribution in [1.29, 1.82) is 0 Å². The first-order valence-corrected chi connectivity index (χ1v) is 6.42. The van der Waals surface area contributed by atoms with Crippen molar-refractivity contribution in [2.75, 3.05) is 12.3 Å². The van der Waals surface area contributed by atoms with Crippen molar-refractivity contribution in [1.82, 2.24) is 4.90 Å². The van der Waals surface area contributed by atoms with E-state index in [0.717, 1.165) is 19.4 Å². The first kappa shape index (κ1) is 12.9. The zero-order valence-corrected chi connectivity index (χ0v) is 10.7. The summed E-state index contributed by atoms with van der Waals surface area (Å²) in [5.74, 6) is 0.188. The highest BCUT2D eigenvalue weighted by molar-refractivity contribution is 5.78. The van der Waals surface area contributed by atoms with Crippen molar-refractivity contribution in [2.24, 2.45) is 5.92 Å². The number of carbonyl (C=O) groups is 1. The first-order chi connectivity index (χ1) is 8.61. The maximum absolute atomic E-state index is 13.7. The van der Waals surface area contributed by atoms with E-state index in [2.05, 4.69) is 6.92 Å². The SMILES string of the molecule is CCCC1CC(=O)N(Cc2c(N)cccc2F)C1. The molecule has 1 heterocycles. The van der Waals surface area contributed by atoms with Gasteiger partial charge in [0.05, 0.1) is 6.54 Å². The first-order valence-electron chi connectivity index (χ1n) is 6.42. The fourth-order valence-electron chi connectivity index (χ4n) is 2.54. The number of hydrogen-bond donors (Lipinski definition) is 1. The number of nitrogens with two attached hydrogens (primary N) is 1. The van der Waals surface area contributed by atoms with Crippen LogP contribution in [0.1, 0.15) is 31.7 Å². The lowest BCUT2D eigenvalue weighted by atomic mass is 10.0. The van der Waals surface area contributed by atoms with Crippen molar-refractivity contribution in [3.05, 3.63) is 29.6 Å². The number of anilines is 1. The van der Waals surface area contributed by atoms with Crippen LogP contribution in [0.25, 0.3) is 0 Å². The summed E-state index contributed by atoms with van der Waals surface area (Å²) in [6.45, 7) is 3.12. The van der Waals surface area contributed by atoms with Crippen molar-refractivity contribution in [2.45, 2.75) is 32.7 Å². The summed E-state index contributed by atoms with van der Waals surface area (Å²) >= 11 is 0. The van der Waals surface area contributed by atoms with Crippen molar-refractivity contribution in [3.8, 4) is 0 Å². The molecule has 18 heavy (non-hydrogen) atoms. The van der Waals surface area contributed by atoms with E-state index in [1.807, 2.05) is 0 Å². The van der Waals surface area contributed by atoms with E-state index in [1.54, 1.807) is 17.0 Å². The quantitative estimate of drug-likeness (QED) is 0.835. The summed E-state index contributed by atoms with van der Waals surface area (Å²) in [4.78, 5) is 13.6. The molecular formula is C14H19FN2O. The molecule has 0 radical (unpaired) electrons. The molecule has 3 nitrogen and oxygen atoms in total. The highest BCUT2D eigenvalue weighted by Crippen LogP contribution is 2.26. The Hall–Kier alpha value is -1.58. The Morgan fingerprint density at radius 1 is 1.50 bits per heavy atom. The molecule has 2 rings (SSSR count). The Kier molecular flexibility index (Phi) is 3.84. The fraction of sp³-hybridized carbons (Fsp3) is 0.500. The maximum atomic E-state index is 13.7. The lowest BCUT2D eigenvalue weighted by molar-refractivity contribution is -0.128. The van der Waals surface area contributed by atoms with Gasteiger partial charge in [-0.25, -0.2) is 4.39 Å². The van der Waals surface area contributed by atoms with Crippen LogP contribution in [-0.4, -0.2) is 17.4 Å². The van der Waals surface area contributed by atoms with Gasteiger partial charge in [-0.15, -0.1) is 0 Å². The Bertz CT molecular complexity index is 427. The van der Waals surface area contributed by atoms with Gasteiger partial charge in [-0.3, -0.25) is 4.79 Å². The molecule has 1 amide bonds. The number of nitrogens with zero attached hydrogens (tertiary/aromatic N) is 1. The number of hydrogen-bond acceptors (Lipinski definition) is 2. The van der Waals surface area contributed by atoms with Crippen LogP contribution in [0.15, 0.2) is 18.2 Å². The lowest BCUT2D eigenvalue weighted by Gasteiger charge is -2.18. The lowest BCUT2D eigenvalue weighted by Crippen LogP contribution is -2.25. The van der Waals surface area contributed by atoms with Gasteiger partial charge in [-0.1, -0.05) is 19.4 Å². The molecule has 1 saturated heterocycles. The predicted molar refractivity (Wildman–Crippen MR) is 69.2 cm³/mol. The number of rotatable bonds is 4. The summed E-state index contributed by atoms with van der Waals surface area (Å²) in [5.41, 5.74) is 6.61. The highest BCUT2D eigenvalue weighted by atomic mass is 19.1. The van der Waals surface area contributed by atoms with E-state index in [-0.39, 0.29) is 18.3 Å². The van der Waals surface area contributed by atoms with Gasteiger partial charge in [0.2, 0.25) is 5.91 Å². The molecule has 1 aromatic carbocycles. The summed E-state index contributed by atoms with van der Waals surface area (Å²) in [6.07, 6.45) is 2.71. The summed E-state index contributed by atoms with van der Waals surface area (Å²) in [5, 5.41) is 0. The molecule has 1 atom stereocenters. The van der Waals surface area contributed by atoms with Gasteiger partial charge < -0.3 is 10.6 Å². The average Bonchev–Trinajstić information content (AvgIpc) is 2.65. The molecule has 1 fully saturated rings. The Morgan fingerprint density at radius 3 is 2.94 bits per heavy atom. The molecule has 0 spiro atoms. The minimum atomic E-state index is -0.332. The summed E-state index contributed by atoms with van der Waals surface area (Å²) in [6, 6.07) is 4.64. The van der Waals surface area contributed by atoms with Crippen molar-refractivity contribution >= 4 is 11.6 Å². The number of nitrogen functional groups attached to an aromatic ring is 1. The average molecular weight is 250 g/mol. The Balaban J connectivity index is 2.08. The van der Waals surface area contributed by atoms with E-state index < -0.39 is 0 Å². The van der Waals surface area contributed by atoms with Crippen LogP contribution in [0.5, 0.6) is 0 Å². The van der Waals surface area contributed by atoms with E-state index in [9.17, 15) is 9.18 Å². The van der Waals surface area contributed by atoms with Gasteiger partial charge in [-0.05, 0) is 24.5 Å². The molecule has 98 valence electrons. The zero-order chi connectivity index (χ0) is 13.1. The van der Waals surface area contributed by atoms with Crippen molar-refractivity contribution < 1.29 is 9.18 Å². The molecular weight excluding hydrogens is 231 g/mol. The minimum absolute atomic E-state index is 0.108. The third kappa shape index (κ3) is 2.63. The molecule has 0 aromatic heterocycles. The molecule has 1 aliphatic rings.